The van der Waals surface area contributed by atoms with Crippen LogP contribution in [0.1, 0.15) is 27.7 Å². The van der Waals surface area contributed by atoms with E-state index in [9.17, 15) is 25.5 Å². The standard InChI is InChI=1S/C12H26O6/c1-7(2)11(17,6-14)12(18,8(3)4)10(16)9(15)5-13/h7-10,13-18H,5-6H2,1-4H3/t9-,10+,11-,12+/m0/s1. The molecule has 0 aromatic heterocycles. The van der Waals surface area contributed by atoms with Gasteiger partial charge >= 0.3 is 0 Å². The first-order chi connectivity index (χ1) is 8.09. The fourth-order valence-electron chi connectivity index (χ4n) is 2.26. The van der Waals surface area contributed by atoms with Gasteiger partial charge in [0.05, 0.1) is 13.2 Å². The quantitative estimate of drug-likeness (QED) is 0.332. The zero-order valence-corrected chi connectivity index (χ0v) is 11.4. The lowest BCUT2D eigenvalue weighted by Crippen LogP contribution is -2.70. The normalized spacial score (nSPS) is 22.7. The molecule has 4 atom stereocenters. The van der Waals surface area contributed by atoms with Gasteiger partial charge in [-0.3, -0.25) is 0 Å². The minimum atomic E-state index is -2.14. The summed E-state index contributed by atoms with van der Waals surface area (Å²) < 4.78 is 0. The highest BCUT2D eigenvalue weighted by molar-refractivity contribution is 5.09. The van der Waals surface area contributed by atoms with E-state index in [-0.39, 0.29) is 0 Å². The van der Waals surface area contributed by atoms with Gasteiger partial charge in [0.2, 0.25) is 0 Å². The second-order valence-corrected chi connectivity index (χ2v) is 5.41. The van der Waals surface area contributed by atoms with E-state index in [1.165, 1.54) is 0 Å². The van der Waals surface area contributed by atoms with E-state index in [1.54, 1.807) is 27.7 Å². The van der Waals surface area contributed by atoms with Crippen LogP contribution in [-0.4, -0.2) is 67.3 Å². The Kier molecular flexibility index (Phi) is 6.19. The van der Waals surface area contributed by atoms with E-state index >= 15 is 0 Å². The largest absolute Gasteiger partial charge is 0.394 e. The molecule has 0 aliphatic heterocycles. The first kappa shape index (κ1) is 17.8. The summed E-state index contributed by atoms with van der Waals surface area (Å²) in [4.78, 5) is 0. The molecule has 0 fully saturated rings. The fraction of sp³-hybridized carbons (Fsp3) is 1.00. The smallest absolute Gasteiger partial charge is 0.126 e. The SMILES string of the molecule is CC(C)[C@@](O)([C@H](O)[C@@H](O)CO)[C@](O)(CO)C(C)C. The molecule has 0 saturated carbocycles. The van der Waals surface area contributed by atoms with Crippen LogP contribution in [0.2, 0.25) is 0 Å². The molecule has 6 heteroatoms. The third-order valence-electron chi connectivity index (χ3n) is 3.77. The van der Waals surface area contributed by atoms with Crippen molar-refractivity contribution < 1.29 is 30.6 Å². The van der Waals surface area contributed by atoms with Gasteiger partial charge in [-0.15, -0.1) is 0 Å². The molecule has 6 N–H and O–H groups in total. The van der Waals surface area contributed by atoms with Crippen molar-refractivity contribution in [3.8, 4) is 0 Å². The molecular weight excluding hydrogens is 240 g/mol. The van der Waals surface area contributed by atoms with Crippen LogP contribution in [0.15, 0.2) is 0 Å². The molecular formula is C12H26O6. The highest BCUT2D eigenvalue weighted by Gasteiger charge is 2.58. The van der Waals surface area contributed by atoms with Crippen LogP contribution in [0, 0.1) is 11.8 Å². The summed E-state index contributed by atoms with van der Waals surface area (Å²) in [7, 11) is 0. The number of rotatable bonds is 7. The Morgan fingerprint density at radius 2 is 1.33 bits per heavy atom. The zero-order valence-electron chi connectivity index (χ0n) is 11.4. The molecule has 0 aliphatic carbocycles. The lowest BCUT2D eigenvalue weighted by Gasteiger charge is -2.51. The van der Waals surface area contributed by atoms with Gasteiger partial charge in [-0.2, -0.15) is 0 Å². The minimum Gasteiger partial charge on any atom is -0.394 e. The average molecular weight is 266 g/mol. The van der Waals surface area contributed by atoms with Crippen molar-refractivity contribution in [2.75, 3.05) is 13.2 Å². The third-order valence-corrected chi connectivity index (χ3v) is 3.77. The second kappa shape index (κ2) is 6.27. The summed E-state index contributed by atoms with van der Waals surface area (Å²) in [5, 5.41) is 58.8. The van der Waals surface area contributed by atoms with Crippen LogP contribution < -0.4 is 0 Å². The van der Waals surface area contributed by atoms with Crippen LogP contribution >= 0.6 is 0 Å². The molecule has 0 aromatic carbocycles. The number of aliphatic hydroxyl groups is 6. The lowest BCUT2D eigenvalue weighted by molar-refractivity contribution is -0.269. The maximum Gasteiger partial charge on any atom is 0.126 e. The summed E-state index contributed by atoms with van der Waals surface area (Å²) in [6, 6.07) is 0. The van der Waals surface area contributed by atoms with Crippen molar-refractivity contribution >= 4 is 0 Å². The van der Waals surface area contributed by atoms with E-state index in [2.05, 4.69) is 0 Å². The Balaban J connectivity index is 5.64. The van der Waals surface area contributed by atoms with E-state index in [0.717, 1.165) is 0 Å². The molecule has 0 spiro atoms. The van der Waals surface area contributed by atoms with E-state index < -0.39 is 48.5 Å². The zero-order chi connectivity index (χ0) is 14.7. The van der Waals surface area contributed by atoms with Gasteiger partial charge in [-0.1, -0.05) is 27.7 Å². The third kappa shape index (κ3) is 2.68. The first-order valence-electron chi connectivity index (χ1n) is 6.12. The molecule has 0 aliphatic rings. The van der Waals surface area contributed by atoms with Gasteiger partial charge < -0.3 is 30.6 Å². The van der Waals surface area contributed by atoms with Gasteiger partial charge in [-0.25, -0.2) is 0 Å². The van der Waals surface area contributed by atoms with E-state index in [1.807, 2.05) is 0 Å². The molecule has 6 nitrogen and oxygen atoms in total. The molecule has 0 heterocycles. The van der Waals surface area contributed by atoms with Crippen LogP contribution in [0.25, 0.3) is 0 Å². The van der Waals surface area contributed by atoms with Gasteiger partial charge in [0.1, 0.15) is 23.4 Å². The summed E-state index contributed by atoms with van der Waals surface area (Å²) in [6.45, 7) is 4.75. The van der Waals surface area contributed by atoms with Crippen molar-refractivity contribution in [2.24, 2.45) is 11.8 Å². The summed E-state index contributed by atoms with van der Waals surface area (Å²) in [5.74, 6) is -1.20. The average Bonchev–Trinajstić information content (AvgIpc) is 2.33. The highest BCUT2D eigenvalue weighted by Crippen LogP contribution is 2.39. The number of hydrogen-bond acceptors (Lipinski definition) is 6. The Morgan fingerprint density at radius 1 is 0.889 bits per heavy atom. The summed E-state index contributed by atoms with van der Waals surface area (Å²) in [6.07, 6.45) is -3.38. The topological polar surface area (TPSA) is 121 Å². The van der Waals surface area contributed by atoms with Gasteiger partial charge in [0.25, 0.3) is 0 Å². The van der Waals surface area contributed by atoms with Crippen LogP contribution in [0.5, 0.6) is 0 Å². The van der Waals surface area contributed by atoms with E-state index in [0.29, 0.717) is 0 Å². The Labute approximate surface area is 108 Å². The molecule has 0 bridgehead atoms. The van der Waals surface area contributed by atoms with Crippen molar-refractivity contribution in [1.29, 1.82) is 0 Å². The van der Waals surface area contributed by atoms with Crippen LogP contribution in [0.3, 0.4) is 0 Å². The number of aliphatic hydroxyl groups excluding tert-OH is 4. The predicted octanol–water partition coefficient (Wildman–Crippen LogP) is -1.53. The van der Waals surface area contributed by atoms with Gasteiger partial charge in [0, 0.05) is 0 Å². The van der Waals surface area contributed by atoms with Crippen molar-refractivity contribution in [3.05, 3.63) is 0 Å². The van der Waals surface area contributed by atoms with E-state index in [4.69, 9.17) is 5.11 Å². The van der Waals surface area contributed by atoms with Gasteiger partial charge in [0.15, 0.2) is 0 Å². The van der Waals surface area contributed by atoms with Crippen LogP contribution in [0.4, 0.5) is 0 Å². The Bertz CT molecular complexity index is 257. The molecule has 110 valence electrons. The second-order valence-electron chi connectivity index (χ2n) is 5.41. The predicted molar refractivity (Wildman–Crippen MR) is 65.8 cm³/mol. The van der Waals surface area contributed by atoms with Crippen LogP contribution in [-0.2, 0) is 0 Å². The van der Waals surface area contributed by atoms with Crippen molar-refractivity contribution in [3.63, 3.8) is 0 Å². The van der Waals surface area contributed by atoms with Crippen molar-refractivity contribution in [2.45, 2.75) is 51.1 Å². The first-order valence-corrected chi connectivity index (χ1v) is 6.12. The van der Waals surface area contributed by atoms with Crippen molar-refractivity contribution in [1.82, 2.24) is 0 Å². The molecule has 18 heavy (non-hydrogen) atoms. The maximum absolute atomic E-state index is 10.6. The molecule has 0 unspecified atom stereocenters. The summed E-state index contributed by atoms with van der Waals surface area (Å²) >= 11 is 0. The monoisotopic (exact) mass is 266 g/mol. The summed E-state index contributed by atoms with van der Waals surface area (Å²) in [5.41, 5.74) is -4.13. The fourth-order valence-corrected chi connectivity index (χ4v) is 2.26. The molecule has 0 saturated heterocycles. The Morgan fingerprint density at radius 3 is 1.56 bits per heavy atom. The highest BCUT2D eigenvalue weighted by atomic mass is 16.4. The van der Waals surface area contributed by atoms with Gasteiger partial charge in [-0.05, 0) is 11.8 Å². The molecule has 0 aromatic rings. The lowest BCUT2D eigenvalue weighted by atomic mass is 9.65. The molecule has 0 radical (unpaired) electrons. The maximum atomic E-state index is 10.6. The molecule has 0 amide bonds. The Hall–Kier alpha value is -0.240. The molecule has 0 rings (SSSR count). The minimum absolute atomic E-state index is 0.560. The number of hydrogen-bond donors (Lipinski definition) is 6.